The Morgan fingerprint density at radius 3 is 1.94 bits per heavy atom. The van der Waals surface area contributed by atoms with Crippen LogP contribution >= 0.6 is 7.60 Å². The maximum Gasteiger partial charge on any atom is 0.328 e. The zero-order valence-corrected chi connectivity index (χ0v) is 31.8. The van der Waals surface area contributed by atoms with Crippen LogP contribution in [0.15, 0.2) is 31.6 Å². The van der Waals surface area contributed by atoms with Crippen molar-refractivity contribution in [1.82, 2.24) is 19.1 Å². The summed E-state index contributed by atoms with van der Waals surface area (Å²) in [6.07, 6.45) is -1.21. The van der Waals surface area contributed by atoms with Gasteiger partial charge in [0, 0.05) is 37.3 Å². The minimum atomic E-state index is -4.20. The van der Waals surface area contributed by atoms with Gasteiger partial charge in [-0.2, -0.15) is 0 Å². The molecular formula is C34H56N6O11P-. The van der Waals surface area contributed by atoms with E-state index in [0.717, 1.165) is 6.42 Å². The molecule has 0 aromatic carbocycles. The van der Waals surface area contributed by atoms with Gasteiger partial charge in [-0.05, 0) is 52.1 Å². The molecule has 17 nitrogen and oxygen atoms in total. The van der Waals surface area contributed by atoms with E-state index in [9.17, 15) is 28.8 Å². The highest BCUT2D eigenvalue weighted by atomic mass is 31.2. The fourth-order valence-electron chi connectivity index (χ4n) is 6.94. The summed E-state index contributed by atoms with van der Waals surface area (Å²) in [4.78, 5) is 55.4. The highest BCUT2D eigenvalue weighted by molar-refractivity contribution is 7.55. The van der Waals surface area contributed by atoms with Crippen molar-refractivity contribution in [3.63, 3.8) is 0 Å². The molecule has 2 fully saturated rings. The van der Waals surface area contributed by atoms with Gasteiger partial charge in [0.05, 0.1) is 48.3 Å². The van der Waals surface area contributed by atoms with E-state index in [1.54, 1.807) is 6.92 Å². The molecule has 7 N–H and O–H groups in total. The molecule has 0 spiro atoms. The lowest BCUT2D eigenvalue weighted by molar-refractivity contribution is -0.0921. The second kappa shape index (κ2) is 17.6. The predicted molar refractivity (Wildman–Crippen MR) is 193 cm³/mol. The Balaban J connectivity index is 1.55. The fraction of sp³-hybridized carbons (Fsp3) is 0.735. The van der Waals surface area contributed by atoms with Crippen LogP contribution in [0.1, 0.15) is 84.1 Å². The van der Waals surface area contributed by atoms with Crippen LogP contribution < -0.4 is 34.0 Å². The Kier molecular flexibility index (Phi) is 14.2. The molecule has 0 amide bonds. The van der Waals surface area contributed by atoms with Crippen molar-refractivity contribution >= 4 is 7.60 Å². The number of aryl methyl sites for hydroxylation is 2. The van der Waals surface area contributed by atoms with E-state index in [-0.39, 0.29) is 30.8 Å². The third-order valence-electron chi connectivity index (χ3n) is 9.60. The molecular weight excluding hydrogens is 699 g/mol. The van der Waals surface area contributed by atoms with Gasteiger partial charge in [-0.25, -0.2) is 16.3 Å². The van der Waals surface area contributed by atoms with Crippen molar-refractivity contribution in [2.45, 2.75) is 116 Å². The Morgan fingerprint density at radius 2 is 1.42 bits per heavy atom. The van der Waals surface area contributed by atoms with Gasteiger partial charge in [0.15, 0.2) is 7.60 Å². The first-order valence-corrected chi connectivity index (χ1v) is 19.6. The van der Waals surface area contributed by atoms with Crippen LogP contribution in [-0.2, 0) is 40.9 Å². The minimum Gasteiger partial charge on any atom is -0.390 e. The molecule has 0 bridgehead atoms. The molecule has 2 saturated heterocycles. The van der Waals surface area contributed by atoms with E-state index >= 15 is 0 Å². The molecule has 2 aromatic heterocycles. The Morgan fingerprint density at radius 1 is 0.904 bits per heavy atom. The molecule has 0 saturated carbocycles. The number of aromatic nitrogens is 4. The molecule has 3 unspecified atom stereocenters. The maximum atomic E-state index is 13.9. The Labute approximate surface area is 302 Å². The molecule has 4 rings (SSSR count). The molecule has 294 valence electrons. The van der Waals surface area contributed by atoms with Crippen LogP contribution in [0.25, 0.3) is 0 Å². The van der Waals surface area contributed by atoms with Gasteiger partial charge in [-0.15, -0.1) is 0 Å². The topological polar surface area (TPSA) is 245 Å². The first kappa shape index (κ1) is 42.0. The summed E-state index contributed by atoms with van der Waals surface area (Å²) in [6.45, 7) is 16.3. The lowest BCUT2D eigenvalue weighted by atomic mass is 9.94. The van der Waals surface area contributed by atoms with E-state index in [0.29, 0.717) is 31.8 Å². The van der Waals surface area contributed by atoms with Gasteiger partial charge in [0.1, 0.15) is 18.3 Å². The van der Waals surface area contributed by atoms with Crippen LogP contribution in [0, 0.1) is 24.4 Å². The number of nitrogens with one attached hydrogen (secondary N) is 2. The van der Waals surface area contributed by atoms with Crippen LogP contribution in [0.4, 0.5) is 0 Å². The highest BCUT2D eigenvalue weighted by Gasteiger charge is 2.48. The third kappa shape index (κ3) is 10.3. The highest BCUT2D eigenvalue weighted by Crippen LogP contribution is 2.54. The van der Waals surface area contributed by atoms with Crippen molar-refractivity contribution in [1.29, 1.82) is 0 Å². The number of hydrogen-bond acceptors (Lipinski definition) is 13. The van der Waals surface area contributed by atoms with Gasteiger partial charge >= 0.3 is 11.4 Å². The second-order valence-corrected chi connectivity index (χ2v) is 16.6. The van der Waals surface area contributed by atoms with E-state index in [4.69, 9.17) is 34.7 Å². The number of H-pyrrole nitrogens is 2. The molecule has 2 aromatic rings. The van der Waals surface area contributed by atoms with Gasteiger partial charge in [-0.1, -0.05) is 27.7 Å². The van der Waals surface area contributed by atoms with Crippen LogP contribution in [0.3, 0.4) is 0 Å². The quantitative estimate of drug-likeness (QED) is 0.107. The van der Waals surface area contributed by atoms with E-state index in [1.165, 1.54) is 21.5 Å². The number of nitrogens with two attached hydrogens (primary N) is 2. The third-order valence-corrected chi connectivity index (χ3v) is 10.7. The Hall–Kier alpha value is -2.73. The van der Waals surface area contributed by atoms with Gasteiger partial charge in [-0.3, -0.25) is 24.1 Å². The number of aliphatic hydroxyl groups is 1. The average molecular weight is 756 g/mol. The lowest BCUT2D eigenvalue weighted by Gasteiger charge is -2.31. The summed E-state index contributed by atoms with van der Waals surface area (Å²) in [5.74, 6) is -0.711. The number of nitrogens with zero attached hydrogens (tertiary/aromatic N) is 2. The van der Waals surface area contributed by atoms with Crippen LogP contribution in [0.5, 0.6) is 0 Å². The van der Waals surface area contributed by atoms with Gasteiger partial charge < -0.3 is 49.0 Å². The molecule has 0 radical (unpaired) electrons. The maximum absolute atomic E-state index is 13.9. The number of hydrogen-bond donors (Lipinski definition) is 5. The summed E-state index contributed by atoms with van der Waals surface area (Å²) < 4.78 is 47.0. The first-order chi connectivity index (χ1) is 24.4. The number of ether oxygens (including phenoxy) is 3. The molecule has 0 aliphatic carbocycles. The number of rotatable bonds is 18. The first-order valence-electron chi connectivity index (χ1n) is 17.9. The summed E-state index contributed by atoms with van der Waals surface area (Å²) in [6, 6.07) is 0. The minimum absolute atomic E-state index is 0.0849. The van der Waals surface area contributed by atoms with Gasteiger partial charge in [0.2, 0.25) is 0 Å². The molecule has 9 atom stereocenters. The molecule has 2 aliphatic rings. The molecule has 2 aliphatic heterocycles. The molecule has 18 heteroatoms. The van der Waals surface area contributed by atoms with Crippen molar-refractivity contribution < 1.29 is 32.9 Å². The van der Waals surface area contributed by atoms with Crippen molar-refractivity contribution in [3.05, 3.63) is 71.9 Å². The summed E-state index contributed by atoms with van der Waals surface area (Å²) in [7, 11) is -4.20. The fourth-order valence-corrected chi connectivity index (χ4v) is 8.05. The monoisotopic (exact) mass is 755 g/mol. The molecule has 4 heterocycles. The number of aliphatic hydroxyl groups excluding tert-OH is 1. The van der Waals surface area contributed by atoms with Crippen molar-refractivity contribution in [2.75, 3.05) is 26.3 Å². The van der Waals surface area contributed by atoms with Crippen molar-refractivity contribution in [3.8, 4) is 0 Å². The summed E-state index contributed by atoms with van der Waals surface area (Å²) >= 11 is 0. The van der Waals surface area contributed by atoms with Gasteiger partial charge in [0.25, 0.3) is 11.1 Å². The SMILES string of the molecule is [CH2-]P(=O)(OC[C@H]1O[C@@H](c2cn(CCCN)c(=O)[nH]c2=O)[C@@H](C)C1O)O[C@H]1C(C)[C@@H](COC(C)(C)CC(C)C)O[C@H]1c1cn(CCCN)c(=O)[nH]c1=O. The van der Waals surface area contributed by atoms with E-state index in [2.05, 4.69) is 30.5 Å². The second-order valence-electron chi connectivity index (χ2n) is 14.9. The molecule has 52 heavy (non-hydrogen) atoms. The Bertz CT molecular complexity index is 1790. The summed E-state index contributed by atoms with van der Waals surface area (Å²) in [5, 5.41) is 11.1. The standard InChI is InChI=1S/C34H56N6O11P/c1-19(2)14-34(5,6)47-17-24-20(3)28(29(49-24)23-16-40(13-9-11-36)33(45)38-31(23)43)51-52(7,46)48-18-25-26(41)21(4)27(50-25)22-15-39(12-8-10-35)32(44)37-30(22)42/h15-16,19-21,24-29,41H,7-14,17-18,35-36H2,1-6H3,(H,37,42,44)(H,38,43,45)/q-1/t20?,21-,24+,25+,26?,27+,28-,29-,52?/m0/s1. The zero-order valence-electron chi connectivity index (χ0n) is 30.9. The van der Waals surface area contributed by atoms with E-state index in [1.807, 2.05) is 20.8 Å². The van der Waals surface area contributed by atoms with E-state index < -0.39 is 90.8 Å². The largest absolute Gasteiger partial charge is 0.390 e. The lowest BCUT2D eigenvalue weighted by Crippen LogP contribution is -2.35. The van der Waals surface area contributed by atoms with Crippen molar-refractivity contribution in [2.24, 2.45) is 29.2 Å². The predicted octanol–water partition coefficient (Wildman–Crippen LogP) is 1.53. The van der Waals surface area contributed by atoms with Crippen LogP contribution in [0.2, 0.25) is 0 Å². The summed E-state index contributed by atoms with van der Waals surface area (Å²) in [5.41, 5.74) is 8.45. The average Bonchev–Trinajstić information content (AvgIpc) is 3.51. The van der Waals surface area contributed by atoms with Crippen LogP contribution in [-0.4, -0.2) is 80.5 Å². The zero-order chi connectivity index (χ0) is 38.5. The normalized spacial score (nSPS) is 27.8. The smallest absolute Gasteiger partial charge is 0.328 e. The number of aromatic amines is 2.